The van der Waals surface area contributed by atoms with Crippen molar-refractivity contribution >= 4 is 69.4 Å². The number of methoxy groups -OCH3 is 1. The Morgan fingerprint density at radius 2 is 0.760 bits per heavy atom. The first-order valence-electron chi connectivity index (χ1n) is 24.8. The van der Waals surface area contributed by atoms with Crippen LogP contribution in [0.3, 0.4) is 0 Å². The number of hydrogen-bond acceptors (Lipinski definition) is 9. The van der Waals surface area contributed by atoms with Crippen LogP contribution < -0.4 is 19.4 Å². The van der Waals surface area contributed by atoms with E-state index in [1.54, 1.807) is 19.2 Å². The average Bonchev–Trinajstić information content (AvgIpc) is 3.47. The molecule has 0 bridgehead atoms. The van der Waals surface area contributed by atoms with Gasteiger partial charge in [0.1, 0.15) is 12.4 Å². The summed E-state index contributed by atoms with van der Waals surface area (Å²) < 4.78 is 15.6. The highest BCUT2D eigenvalue weighted by atomic mass is 17.2. The van der Waals surface area contributed by atoms with Crippen molar-refractivity contribution in [1.29, 1.82) is 0 Å². The lowest BCUT2D eigenvalue weighted by Gasteiger charge is -2.25. The number of hydrogen-bond donors (Lipinski definition) is 0. The van der Waals surface area contributed by atoms with E-state index in [1.807, 2.05) is 54.6 Å². The monoisotopic (exact) mass is 988 g/mol. The molecule has 0 aromatic heterocycles. The van der Waals surface area contributed by atoms with Gasteiger partial charge in [-0.05, 0) is 154 Å². The van der Waals surface area contributed by atoms with Crippen molar-refractivity contribution in [2.45, 2.75) is 13.3 Å². The molecule has 0 atom stereocenters. The molecule has 0 saturated carbocycles. The fraction of sp³-hybridized carbons (Fsp3) is 0.0909. The molecule has 0 spiro atoms. The smallest absolute Gasteiger partial charge is 0.357 e. The number of benzene rings is 9. The number of carbonyl (C=O) groups excluding carboxylic acids is 2. The molecular weight excluding hydrogens is 933 g/mol. The molecule has 9 nitrogen and oxygen atoms in total. The van der Waals surface area contributed by atoms with Crippen molar-refractivity contribution in [3.8, 4) is 11.5 Å². The molecule has 0 N–H and O–H groups in total. The minimum atomic E-state index is -0.583. The lowest BCUT2D eigenvalue weighted by Crippen LogP contribution is -2.13. The standard InChI is InChI=1S/C66H56N2O7/c1-49(69)73-46-45-72-44-43-66(70)75-74-63-41-37-61(38-42-63)68(57-21-13-6-14-22-57)59-33-25-51(26-34-59)48-65(53-17-9-4-10-18-53)55-29-27-54(28-30-55)64(52-15-7-3-8-16-52)47-50-23-31-58(32-24-50)67(56-19-11-5-12-20-56)60-35-39-62(71-2)40-36-60/h3-42,47-48H,43-46H2,1-2H3. The third kappa shape index (κ3) is 13.5. The van der Waals surface area contributed by atoms with Gasteiger partial charge in [0.2, 0.25) is 0 Å². The summed E-state index contributed by atoms with van der Waals surface area (Å²) in [6.45, 7) is 1.75. The van der Waals surface area contributed by atoms with E-state index in [4.69, 9.17) is 24.0 Å². The SMILES string of the molecule is COc1ccc(N(c2ccccc2)c2ccc(C=C(c3ccccc3)c3ccc(C(=Cc4ccc(N(c5ccccc5)c5ccc(OOC(=O)CCOCCOC(C)=O)cc5)cc4)c4ccccc4)cc3)cc2)cc1. The molecule has 0 saturated heterocycles. The van der Waals surface area contributed by atoms with Gasteiger partial charge < -0.3 is 24.0 Å². The van der Waals surface area contributed by atoms with Gasteiger partial charge in [0.15, 0.2) is 5.75 Å². The first kappa shape index (κ1) is 50.5. The summed E-state index contributed by atoms with van der Waals surface area (Å²) in [6.07, 6.45) is 4.49. The summed E-state index contributed by atoms with van der Waals surface area (Å²) in [5.41, 5.74) is 14.7. The second-order valence-corrected chi connectivity index (χ2v) is 17.4. The van der Waals surface area contributed by atoms with Crippen molar-refractivity contribution in [2.24, 2.45) is 0 Å². The molecule has 0 fully saturated rings. The lowest BCUT2D eigenvalue weighted by molar-refractivity contribution is -0.214. The Labute approximate surface area is 438 Å². The van der Waals surface area contributed by atoms with Crippen LogP contribution in [0.25, 0.3) is 23.3 Å². The Hall–Kier alpha value is -9.44. The minimum absolute atomic E-state index is 0.0162. The second-order valence-electron chi connectivity index (χ2n) is 17.4. The first-order chi connectivity index (χ1) is 36.9. The van der Waals surface area contributed by atoms with Crippen LogP contribution in [-0.4, -0.2) is 38.9 Å². The fourth-order valence-electron chi connectivity index (χ4n) is 8.57. The molecule has 0 amide bonds. The Morgan fingerprint density at radius 3 is 1.16 bits per heavy atom. The topological polar surface area (TPSA) is 86.8 Å². The second kappa shape index (κ2) is 25.3. The van der Waals surface area contributed by atoms with Gasteiger partial charge in [-0.1, -0.05) is 146 Å². The maximum Gasteiger partial charge on any atom is 0.357 e. The summed E-state index contributed by atoms with van der Waals surface area (Å²) in [7, 11) is 1.68. The Bertz CT molecular complexity index is 3290. The predicted molar refractivity (Wildman–Crippen MR) is 301 cm³/mol. The molecule has 0 radical (unpaired) electrons. The highest BCUT2D eigenvalue weighted by Gasteiger charge is 2.16. The highest BCUT2D eigenvalue weighted by Crippen LogP contribution is 2.38. The zero-order chi connectivity index (χ0) is 51.6. The Kier molecular flexibility index (Phi) is 17.0. The van der Waals surface area contributed by atoms with Crippen molar-refractivity contribution in [3.05, 3.63) is 276 Å². The zero-order valence-electron chi connectivity index (χ0n) is 41.8. The van der Waals surface area contributed by atoms with Gasteiger partial charge in [-0.2, -0.15) is 0 Å². The molecule has 0 aliphatic heterocycles. The third-order valence-electron chi connectivity index (χ3n) is 12.3. The van der Waals surface area contributed by atoms with Crippen molar-refractivity contribution in [1.82, 2.24) is 0 Å². The fourth-order valence-corrected chi connectivity index (χ4v) is 8.57. The van der Waals surface area contributed by atoms with Crippen molar-refractivity contribution in [3.63, 3.8) is 0 Å². The minimum Gasteiger partial charge on any atom is -0.497 e. The highest BCUT2D eigenvalue weighted by molar-refractivity contribution is 5.95. The maximum absolute atomic E-state index is 12.3. The number of rotatable bonds is 21. The number of ether oxygens (including phenoxy) is 3. The number of para-hydroxylation sites is 2. The van der Waals surface area contributed by atoms with E-state index < -0.39 is 5.97 Å². The quantitative estimate of drug-likeness (QED) is 0.0230. The van der Waals surface area contributed by atoms with Gasteiger partial charge in [0, 0.05) is 41.0 Å². The van der Waals surface area contributed by atoms with Crippen LogP contribution in [0, 0.1) is 0 Å². The molecule has 9 heteroatoms. The zero-order valence-corrected chi connectivity index (χ0v) is 41.8. The van der Waals surface area contributed by atoms with Gasteiger partial charge in [-0.3, -0.25) is 14.6 Å². The number of nitrogens with zero attached hydrogens (tertiary/aromatic N) is 2. The van der Waals surface area contributed by atoms with Crippen LogP contribution in [0.1, 0.15) is 46.7 Å². The van der Waals surface area contributed by atoms with E-state index in [1.165, 1.54) is 6.92 Å². The summed E-state index contributed by atoms with van der Waals surface area (Å²) in [5.74, 6) is 0.213. The normalized spacial score (nSPS) is 11.3. The lowest BCUT2D eigenvalue weighted by atomic mass is 9.91. The molecule has 9 aromatic carbocycles. The van der Waals surface area contributed by atoms with Crippen molar-refractivity contribution < 1.29 is 33.6 Å². The summed E-state index contributed by atoms with van der Waals surface area (Å²) in [5, 5.41) is 0. The molecule has 0 aliphatic carbocycles. The number of anilines is 6. The molecule has 0 unspecified atom stereocenters. The Morgan fingerprint density at radius 1 is 0.400 bits per heavy atom. The van der Waals surface area contributed by atoms with Crippen LogP contribution in [0.15, 0.2) is 243 Å². The summed E-state index contributed by atoms with van der Waals surface area (Å²) in [6, 6.07) is 83.1. The molecule has 0 heterocycles. The van der Waals surface area contributed by atoms with E-state index in [-0.39, 0.29) is 32.2 Å². The van der Waals surface area contributed by atoms with Crippen LogP contribution in [0.4, 0.5) is 34.1 Å². The molecular formula is C66H56N2O7. The van der Waals surface area contributed by atoms with Gasteiger partial charge in [0.25, 0.3) is 0 Å². The number of carbonyl (C=O) groups is 2. The molecule has 9 rings (SSSR count). The molecule has 9 aromatic rings. The maximum atomic E-state index is 12.3. The first-order valence-corrected chi connectivity index (χ1v) is 24.8. The van der Waals surface area contributed by atoms with Gasteiger partial charge in [-0.15, -0.1) is 0 Å². The van der Waals surface area contributed by atoms with Crippen LogP contribution in [0.2, 0.25) is 0 Å². The molecule has 75 heavy (non-hydrogen) atoms. The van der Waals surface area contributed by atoms with E-state index in [2.05, 4.69) is 198 Å². The number of esters is 1. The van der Waals surface area contributed by atoms with Crippen LogP contribution in [-0.2, 0) is 24.0 Å². The van der Waals surface area contributed by atoms with Crippen LogP contribution in [0.5, 0.6) is 11.5 Å². The summed E-state index contributed by atoms with van der Waals surface area (Å²) in [4.78, 5) is 37.9. The van der Waals surface area contributed by atoms with E-state index in [0.717, 1.165) is 84.4 Å². The van der Waals surface area contributed by atoms with Gasteiger partial charge in [0.05, 0.1) is 26.7 Å². The molecule has 0 aliphatic rings. The Balaban J connectivity index is 0.952. The van der Waals surface area contributed by atoms with Gasteiger partial charge >= 0.3 is 11.9 Å². The van der Waals surface area contributed by atoms with E-state index in [0.29, 0.717) is 5.75 Å². The van der Waals surface area contributed by atoms with E-state index in [9.17, 15) is 9.59 Å². The molecule has 372 valence electrons. The predicted octanol–water partition coefficient (Wildman–Crippen LogP) is 15.6. The average molecular weight is 989 g/mol. The van der Waals surface area contributed by atoms with Gasteiger partial charge in [-0.25, -0.2) is 4.79 Å². The largest absolute Gasteiger partial charge is 0.497 e. The third-order valence-corrected chi connectivity index (χ3v) is 12.3. The van der Waals surface area contributed by atoms with Crippen molar-refractivity contribution in [2.75, 3.05) is 36.7 Å². The van der Waals surface area contributed by atoms with E-state index >= 15 is 0 Å². The van der Waals surface area contributed by atoms with Crippen LogP contribution >= 0.6 is 0 Å². The summed E-state index contributed by atoms with van der Waals surface area (Å²) >= 11 is 0.